The van der Waals surface area contributed by atoms with Crippen LogP contribution in [0.5, 0.6) is 0 Å². The van der Waals surface area contributed by atoms with Crippen LogP contribution < -0.4 is 16.4 Å². The van der Waals surface area contributed by atoms with E-state index >= 15 is 0 Å². The number of nitrogen functional groups attached to an aromatic ring is 1. The van der Waals surface area contributed by atoms with Crippen molar-refractivity contribution in [1.29, 1.82) is 0 Å². The Balaban J connectivity index is 2.65. The fraction of sp³-hybridized carbons (Fsp3) is 0.667. The third-order valence-electron chi connectivity index (χ3n) is 2.58. The summed E-state index contributed by atoms with van der Waals surface area (Å²) in [7, 11) is 0. The number of amides is 1. The fourth-order valence-corrected chi connectivity index (χ4v) is 2.24. The molecule has 0 fully saturated rings. The van der Waals surface area contributed by atoms with Gasteiger partial charge in [-0.1, -0.05) is 31.6 Å². The Kier molecular flexibility index (Phi) is 5.40. The Bertz CT molecular complexity index is 403. The highest BCUT2D eigenvalue weighted by Gasteiger charge is 2.16. The van der Waals surface area contributed by atoms with Crippen molar-refractivity contribution in [3.63, 3.8) is 0 Å². The van der Waals surface area contributed by atoms with Gasteiger partial charge in [0, 0.05) is 12.6 Å². The van der Waals surface area contributed by atoms with Crippen molar-refractivity contribution in [2.45, 2.75) is 40.2 Å². The van der Waals surface area contributed by atoms with Crippen LogP contribution in [-0.4, -0.2) is 23.5 Å². The van der Waals surface area contributed by atoms with Crippen LogP contribution in [0.1, 0.15) is 43.8 Å². The zero-order valence-corrected chi connectivity index (χ0v) is 12.2. The summed E-state index contributed by atoms with van der Waals surface area (Å²) < 4.78 is 0. The molecule has 1 rings (SSSR count). The largest absolute Gasteiger partial charge is 0.382 e. The predicted octanol–water partition coefficient (Wildman–Crippen LogP) is 2.32. The monoisotopic (exact) mass is 270 g/mol. The highest BCUT2D eigenvalue weighted by Crippen LogP contribution is 2.25. The zero-order valence-electron chi connectivity index (χ0n) is 11.4. The van der Waals surface area contributed by atoms with E-state index in [0.29, 0.717) is 28.3 Å². The molecule has 0 radical (unpaired) electrons. The molecule has 1 unspecified atom stereocenters. The summed E-state index contributed by atoms with van der Waals surface area (Å²) in [6.45, 7) is 8.89. The lowest BCUT2D eigenvalue weighted by molar-refractivity contribution is 0.0952. The molecule has 0 aliphatic rings. The van der Waals surface area contributed by atoms with Crippen LogP contribution in [0.25, 0.3) is 0 Å². The molecule has 1 atom stereocenters. The molecular formula is C12H22N4OS. The van der Waals surface area contributed by atoms with Gasteiger partial charge in [0.25, 0.3) is 5.91 Å². The molecule has 1 heterocycles. The molecule has 18 heavy (non-hydrogen) atoms. The molecule has 0 aliphatic heterocycles. The van der Waals surface area contributed by atoms with E-state index in [9.17, 15) is 4.79 Å². The van der Waals surface area contributed by atoms with Crippen LogP contribution in [0, 0.1) is 5.92 Å². The smallest absolute Gasteiger partial charge is 0.265 e. The van der Waals surface area contributed by atoms with Gasteiger partial charge in [0.15, 0.2) is 5.13 Å². The van der Waals surface area contributed by atoms with Gasteiger partial charge in [-0.05, 0) is 19.8 Å². The van der Waals surface area contributed by atoms with Gasteiger partial charge >= 0.3 is 0 Å². The maximum absolute atomic E-state index is 11.9. The lowest BCUT2D eigenvalue weighted by Gasteiger charge is -2.09. The van der Waals surface area contributed by atoms with E-state index in [0.717, 1.165) is 6.42 Å². The number of hydrogen-bond acceptors (Lipinski definition) is 5. The standard InChI is InChI=1S/C12H22N4OS/c1-5-8(4)6-14-11(17)9-10(13)16-12(18-9)15-7(2)3/h7-8H,5-6,13H2,1-4H3,(H,14,17)(H,15,16). The Hall–Kier alpha value is -1.30. The first-order valence-corrected chi connectivity index (χ1v) is 7.06. The van der Waals surface area contributed by atoms with Crippen LogP contribution >= 0.6 is 11.3 Å². The Labute approximate surface area is 112 Å². The minimum absolute atomic E-state index is 0.137. The first kappa shape index (κ1) is 14.8. The second-order valence-corrected chi connectivity index (χ2v) is 5.75. The van der Waals surface area contributed by atoms with Crippen LogP contribution in [-0.2, 0) is 0 Å². The number of anilines is 2. The van der Waals surface area contributed by atoms with E-state index in [4.69, 9.17) is 5.73 Å². The maximum atomic E-state index is 11.9. The van der Waals surface area contributed by atoms with Gasteiger partial charge in [-0.2, -0.15) is 0 Å². The van der Waals surface area contributed by atoms with E-state index < -0.39 is 0 Å². The molecule has 0 saturated heterocycles. The van der Waals surface area contributed by atoms with Gasteiger partial charge in [0.1, 0.15) is 10.7 Å². The minimum Gasteiger partial charge on any atom is -0.382 e. The minimum atomic E-state index is -0.137. The molecule has 1 aromatic heterocycles. The highest BCUT2D eigenvalue weighted by molar-refractivity contribution is 7.18. The molecule has 1 amide bonds. The average Bonchev–Trinajstić information content (AvgIpc) is 2.65. The first-order valence-electron chi connectivity index (χ1n) is 6.25. The summed E-state index contributed by atoms with van der Waals surface area (Å²) in [5, 5.41) is 6.72. The van der Waals surface area contributed by atoms with Crippen LogP contribution in [0.2, 0.25) is 0 Å². The number of thiazole rings is 1. The number of carbonyl (C=O) groups is 1. The molecule has 0 saturated carbocycles. The lowest BCUT2D eigenvalue weighted by atomic mass is 10.1. The molecule has 0 bridgehead atoms. The molecule has 5 nitrogen and oxygen atoms in total. The SMILES string of the molecule is CCC(C)CNC(=O)c1sc(NC(C)C)nc1N. The number of carbonyl (C=O) groups excluding carboxylic acids is 1. The van der Waals surface area contributed by atoms with E-state index in [1.54, 1.807) is 0 Å². The van der Waals surface area contributed by atoms with Crippen LogP contribution in [0.15, 0.2) is 0 Å². The average molecular weight is 270 g/mol. The van der Waals surface area contributed by atoms with Crippen molar-refractivity contribution in [3.05, 3.63) is 4.88 Å². The van der Waals surface area contributed by atoms with Gasteiger partial charge in [-0.15, -0.1) is 0 Å². The van der Waals surface area contributed by atoms with Crippen molar-refractivity contribution in [3.8, 4) is 0 Å². The molecule has 0 aliphatic carbocycles. The Morgan fingerprint density at radius 2 is 2.11 bits per heavy atom. The van der Waals surface area contributed by atoms with E-state index in [2.05, 4.69) is 29.5 Å². The fourth-order valence-electron chi connectivity index (χ4n) is 1.29. The van der Waals surface area contributed by atoms with E-state index in [1.807, 2.05) is 13.8 Å². The highest BCUT2D eigenvalue weighted by atomic mass is 32.1. The molecule has 0 aromatic carbocycles. The first-order chi connectivity index (χ1) is 8.43. The number of hydrogen-bond donors (Lipinski definition) is 3. The second kappa shape index (κ2) is 6.58. The zero-order chi connectivity index (χ0) is 13.7. The summed E-state index contributed by atoms with van der Waals surface area (Å²) in [5.74, 6) is 0.628. The van der Waals surface area contributed by atoms with E-state index in [-0.39, 0.29) is 11.9 Å². The molecule has 1 aromatic rings. The predicted molar refractivity (Wildman–Crippen MR) is 77.1 cm³/mol. The normalized spacial score (nSPS) is 12.5. The van der Waals surface area contributed by atoms with Crippen molar-refractivity contribution in [2.75, 3.05) is 17.6 Å². The number of aromatic nitrogens is 1. The van der Waals surface area contributed by atoms with Gasteiger partial charge in [0.2, 0.25) is 0 Å². The summed E-state index contributed by atoms with van der Waals surface area (Å²) in [5.41, 5.74) is 5.76. The Morgan fingerprint density at radius 1 is 1.44 bits per heavy atom. The van der Waals surface area contributed by atoms with Gasteiger partial charge in [-0.25, -0.2) is 4.98 Å². The van der Waals surface area contributed by atoms with Crippen molar-refractivity contribution in [2.24, 2.45) is 5.92 Å². The van der Waals surface area contributed by atoms with Crippen molar-refractivity contribution < 1.29 is 4.79 Å². The van der Waals surface area contributed by atoms with E-state index in [1.165, 1.54) is 11.3 Å². The lowest BCUT2D eigenvalue weighted by Crippen LogP contribution is -2.27. The van der Waals surface area contributed by atoms with Crippen LogP contribution in [0.4, 0.5) is 10.9 Å². The molecule has 0 spiro atoms. The summed E-state index contributed by atoms with van der Waals surface area (Å²) in [6, 6.07) is 0.270. The van der Waals surface area contributed by atoms with Crippen LogP contribution in [0.3, 0.4) is 0 Å². The number of nitrogens with one attached hydrogen (secondary N) is 2. The van der Waals surface area contributed by atoms with Crippen molar-refractivity contribution >= 4 is 28.2 Å². The van der Waals surface area contributed by atoms with Gasteiger partial charge in [-0.3, -0.25) is 4.79 Å². The summed E-state index contributed by atoms with van der Waals surface area (Å²) >= 11 is 1.30. The second-order valence-electron chi connectivity index (χ2n) is 4.76. The molecule has 102 valence electrons. The molecular weight excluding hydrogens is 248 g/mol. The number of nitrogens with two attached hydrogens (primary N) is 1. The quantitative estimate of drug-likeness (QED) is 0.741. The summed E-state index contributed by atoms with van der Waals surface area (Å²) in [6.07, 6.45) is 1.04. The Morgan fingerprint density at radius 3 is 2.67 bits per heavy atom. The topological polar surface area (TPSA) is 80.0 Å². The maximum Gasteiger partial charge on any atom is 0.265 e. The van der Waals surface area contributed by atoms with Gasteiger partial charge in [0.05, 0.1) is 0 Å². The number of rotatable bonds is 6. The third-order valence-corrected chi connectivity index (χ3v) is 3.58. The summed E-state index contributed by atoms with van der Waals surface area (Å²) in [4.78, 5) is 16.6. The third kappa shape index (κ3) is 4.18. The molecule has 6 heteroatoms. The number of nitrogens with zero attached hydrogens (tertiary/aromatic N) is 1. The van der Waals surface area contributed by atoms with Gasteiger partial charge < -0.3 is 16.4 Å². The molecule has 4 N–H and O–H groups in total. The van der Waals surface area contributed by atoms with Crippen molar-refractivity contribution in [1.82, 2.24) is 10.3 Å².